The molecule has 4 rings (SSSR count). The van der Waals surface area contributed by atoms with E-state index in [1.807, 2.05) is 6.07 Å². The van der Waals surface area contributed by atoms with Crippen molar-refractivity contribution in [2.45, 2.75) is 60.5 Å². The lowest BCUT2D eigenvalue weighted by molar-refractivity contribution is -0.124. The van der Waals surface area contributed by atoms with Crippen molar-refractivity contribution in [3.05, 3.63) is 50.9 Å². The zero-order valence-corrected chi connectivity index (χ0v) is 23.7. The Morgan fingerprint density at radius 1 is 1.00 bits per heavy atom. The van der Waals surface area contributed by atoms with Gasteiger partial charge in [0.25, 0.3) is 10.0 Å². The highest BCUT2D eigenvalue weighted by Crippen LogP contribution is 2.32. The van der Waals surface area contributed by atoms with Crippen molar-refractivity contribution in [3.63, 3.8) is 0 Å². The third-order valence-electron chi connectivity index (χ3n) is 6.70. The predicted octanol–water partition coefficient (Wildman–Crippen LogP) is 5.95. The lowest BCUT2D eigenvalue weighted by atomic mass is 9.84. The lowest BCUT2D eigenvalue weighted by Gasteiger charge is -2.40. The van der Waals surface area contributed by atoms with Crippen LogP contribution in [0.1, 0.15) is 38.5 Å². The van der Waals surface area contributed by atoms with E-state index in [1.54, 1.807) is 24.3 Å². The van der Waals surface area contributed by atoms with Gasteiger partial charge in [-0.1, -0.05) is 39.1 Å². The Kier molecular flexibility index (Phi) is 8.98. The molecule has 35 heavy (non-hydrogen) atoms. The molecule has 1 saturated carbocycles. The molecule has 0 radical (unpaired) electrons. The molecule has 6 nitrogen and oxygen atoms in total. The van der Waals surface area contributed by atoms with Crippen molar-refractivity contribution in [1.82, 2.24) is 9.62 Å². The molecule has 1 aliphatic carbocycles. The van der Waals surface area contributed by atoms with Crippen LogP contribution in [0.5, 0.6) is 5.75 Å². The number of amides is 1. The number of hydrogen-bond acceptors (Lipinski definition) is 6. The van der Waals surface area contributed by atoms with Gasteiger partial charge < -0.3 is 9.64 Å². The molecule has 1 saturated heterocycles. The van der Waals surface area contributed by atoms with E-state index in [4.69, 9.17) is 27.9 Å². The van der Waals surface area contributed by atoms with Crippen molar-refractivity contribution < 1.29 is 17.9 Å². The molecule has 2 aliphatic rings. The van der Waals surface area contributed by atoms with Gasteiger partial charge in [0, 0.05) is 40.5 Å². The number of ether oxygens (including phenoxy) is 1. The second kappa shape index (κ2) is 11.6. The molecule has 1 amide bonds. The van der Waals surface area contributed by atoms with Gasteiger partial charge in [-0.25, -0.2) is 13.1 Å². The van der Waals surface area contributed by atoms with Crippen LogP contribution in [-0.4, -0.2) is 44.5 Å². The van der Waals surface area contributed by atoms with Gasteiger partial charge in [-0.2, -0.15) is 0 Å². The number of halogens is 3. The predicted molar refractivity (Wildman–Crippen MR) is 144 cm³/mol. The second-order valence-electron chi connectivity index (χ2n) is 9.02. The van der Waals surface area contributed by atoms with Gasteiger partial charge in [0.2, 0.25) is 5.91 Å². The number of piperidine rings is 1. The van der Waals surface area contributed by atoms with Gasteiger partial charge in [-0.15, -0.1) is 12.6 Å². The van der Waals surface area contributed by atoms with Gasteiger partial charge in [-0.3, -0.25) is 4.79 Å². The van der Waals surface area contributed by atoms with E-state index in [0.717, 1.165) is 44.5 Å². The van der Waals surface area contributed by atoms with Crippen LogP contribution >= 0.6 is 51.8 Å². The first-order chi connectivity index (χ1) is 16.6. The first kappa shape index (κ1) is 27.1. The lowest BCUT2D eigenvalue weighted by Crippen LogP contribution is -2.46. The highest BCUT2D eigenvalue weighted by atomic mass is 79.9. The number of nitrogens with zero attached hydrogens (tertiary/aromatic N) is 1. The number of rotatable bonds is 6. The molecule has 0 aromatic heterocycles. The SMILES string of the molecule is O=C(NS(=O)(=O)c1cc(Br)ccc1S)C1CCC(N2CCC(Oc3ccc(Cl)c(Cl)c3)CC2)CC1. The maximum absolute atomic E-state index is 12.8. The van der Waals surface area contributed by atoms with Crippen LogP contribution in [0.25, 0.3) is 0 Å². The number of sulfonamides is 1. The van der Waals surface area contributed by atoms with Crippen molar-refractivity contribution in [3.8, 4) is 5.75 Å². The summed E-state index contributed by atoms with van der Waals surface area (Å²) in [4.78, 5) is 15.5. The van der Waals surface area contributed by atoms with E-state index < -0.39 is 15.9 Å². The van der Waals surface area contributed by atoms with Crippen LogP contribution in [0.4, 0.5) is 0 Å². The molecule has 2 aromatic carbocycles. The molecule has 0 unspecified atom stereocenters. The van der Waals surface area contributed by atoms with E-state index in [2.05, 4.69) is 38.2 Å². The molecule has 2 fully saturated rings. The molecule has 0 bridgehead atoms. The Hall–Kier alpha value is -0.970. The van der Waals surface area contributed by atoms with Gasteiger partial charge in [-0.05, 0) is 68.9 Å². The Morgan fingerprint density at radius 2 is 1.69 bits per heavy atom. The Morgan fingerprint density at radius 3 is 2.34 bits per heavy atom. The van der Waals surface area contributed by atoms with Crippen molar-refractivity contribution >= 4 is 67.7 Å². The van der Waals surface area contributed by atoms with E-state index in [1.165, 1.54) is 6.07 Å². The monoisotopic (exact) mass is 620 g/mol. The first-order valence-electron chi connectivity index (χ1n) is 11.5. The molecular formula is C24H27BrCl2N2O4S2. The number of nitrogens with one attached hydrogen (secondary N) is 1. The number of benzene rings is 2. The standard InChI is InChI=1S/C24H27BrCl2N2O4S2/c25-16-3-8-22(34)23(13-16)35(31,32)28-24(30)15-1-4-17(5-2-15)29-11-9-18(10-12-29)33-19-6-7-20(26)21(27)14-19/h3,6-8,13-15,17-18,34H,1-2,4-5,9-12H2,(H,28,30). The number of thiol groups is 1. The molecule has 2 aromatic rings. The smallest absolute Gasteiger partial charge is 0.265 e. The fraction of sp³-hybridized carbons (Fsp3) is 0.458. The average molecular weight is 622 g/mol. The summed E-state index contributed by atoms with van der Waals surface area (Å²) in [7, 11) is -3.98. The summed E-state index contributed by atoms with van der Waals surface area (Å²) < 4.78 is 34.4. The maximum Gasteiger partial charge on any atom is 0.265 e. The third kappa shape index (κ3) is 6.87. The Balaban J connectivity index is 1.25. The highest BCUT2D eigenvalue weighted by molar-refractivity contribution is 9.10. The van der Waals surface area contributed by atoms with Gasteiger partial charge in [0.15, 0.2) is 0 Å². The molecule has 0 atom stereocenters. The summed E-state index contributed by atoms with van der Waals surface area (Å²) in [6.45, 7) is 1.85. The number of likely N-dealkylation sites (tertiary alicyclic amines) is 1. The van der Waals surface area contributed by atoms with Crippen molar-refractivity contribution in [2.75, 3.05) is 13.1 Å². The summed E-state index contributed by atoms with van der Waals surface area (Å²) in [5.74, 6) is -0.0239. The Bertz CT molecular complexity index is 1180. The zero-order valence-electron chi connectivity index (χ0n) is 18.9. The summed E-state index contributed by atoms with van der Waals surface area (Å²) >= 11 is 19.6. The van der Waals surface area contributed by atoms with Gasteiger partial charge in [0.05, 0.1) is 10.0 Å². The van der Waals surface area contributed by atoms with E-state index in [-0.39, 0.29) is 16.9 Å². The zero-order chi connectivity index (χ0) is 25.2. The van der Waals surface area contributed by atoms with Crippen LogP contribution in [0, 0.1) is 5.92 Å². The van der Waals surface area contributed by atoms with Crippen molar-refractivity contribution in [1.29, 1.82) is 0 Å². The molecule has 1 N–H and O–H groups in total. The highest BCUT2D eigenvalue weighted by Gasteiger charge is 2.33. The number of hydrogen-bond donors (Lipinski definition) is 2. The fourth-order valence-corrected chi connectivity index (χ4v) is 7.25. The van der Waals surface area contributed by atoms with Crippen LogP contribution in [0.15, 0.2) is 50.7 Å². The molecule has 1 aliphatic heterocycles. The van der Waals surface area contributed by atoms with Crippen LogP contribution < -0.4 is 9.46 Å². The Labute approximate surface area is 230 Å². The van der Waals surface area contributed by atoms with E-state index >= 15 is 0 Å². The third-order valence-corrected chi connectivity index (χ3v) is 9.86. The molecule has 190 valence electrons. The maximum atomic E-state index is 12.8. The fourth-order valence-electron chi connectivity index (χ4n) is 4.78. The quantitative estimate of drug-likeness (QED) is 0.390. The molecule has 1 heterocycles. The molecule has 0 spiro atoms. The molecule has 11 heteroatoms. The van der Waals surface area contributed by atoms with Gasteiger partial charge in [0.1, 0.15) is 16.7 Å². The van der Waals surface area contributed by atoms with Gasteiger partial charge >= 0.3 is 0 Å². The topological polar surface area (TPSA) is 75.7 Å². The normalized spacial score (nSPS) is 22.1. The van der Waals surface area contributed by atoms with Crippen LogP contribution in [0.2, 0.25) is 10.0 Å². The van der Waals surface area contributed by atoms with Crippen LogP contribution in [-0.2, 0) is 14.8 Å². The first-order valence-corrected chi connectivity index (χ1v) is 15.0. The minimum Gasteiger partial charge on any atom is -0.490 e. The largest absolute Gasteiger partial charge is 0.490 e. The summed E-state index contributed by atoms with van der Waals surface area (Å²) in [6, 6.07) is 10.4. The second-order valence-corrected chi connectivity index (χ2v) is 12.9. The van der Waals surface area contributed by atoms with Crippen molar-refractivity contribution in [2.24, 2.45) is 5.92 Å². The summed E-state index contributed by atoms with van der Waals surface area (Å²) in [5.41, 5.74) is 0. The summed E-state index contributed by atoms with van der Waals surface area (Å²) in [5, 5.41) is 0.994. The minimum atomic E-state index is -3.98. The van der Waals surface area contributed by atoms with E-state index in [9.17, 15) is 13.2 Å². The number of carbonyl (C=O) groups is 1. The molecular weight excluding hydrogens is 595 g/mol. The number of carbonyl (C=O) groups excluding carboxylic acids is 1. The van der Waals surface area contributed by atoms with Crippen LogP contribution in [0.3, 0.4) is 0 Å². The summed E-state index contributed by atoms with van der Waals surface area (Å²) in [6.07, 6.45) is 5.02. The van der Waals surface area contributed by atoms with E-state index in [0.29, 0.717) is 38.3 Å². The average Bonchev–Trinajstić information content (AvgIpc) is 2.83. The minimum absolute atomic E-state index is 0.0109.